The van der Waals surface area contributed by atoms with E-state index >= 15 is 0 Å². The van der Waals surface area contributed by atoms with Crippen molar-refractivity contribution in [2.75, 3.05) is 13.6 Å². The molecule has 0 saturated carbocycles. The fraction of sp³-hybridized carbons (Fsp3) is 0.143. The summed E-state index contributed by atoms with van der Waals surface area (Å²) < 4.78 is 5.20. The van der Waals surface area contributed by atoms with E-state index in [0.29, 0.717) is 5.56 Å². The number of benzene rings is 1. The first-order valence-corrected chi connectivity index (χ1v) is 5.69. The molecular weight excluding hydrogens is 246 g/mol. The first kappa shape index (κ1) is 12.9. The van der Waals surface area contributed by atoms with Gasteiger partial charge in [-0.1, -0.05) is 30.3 Å². The maximum Gasteiger partial charge on any atom is 0.323 e. The van der Waals surface area contributed by atoms with Crippen LogP contribution in [0.1, 0.15) is 10.6 Å². The summed E-state index contributed by atoms with van der Waals surface area (Å²) in [5, 5.41) is 8.69. The van der Waals surface area contributed by atoms with Gasteiger partial charge >= 0.3 is 5.97 Å². The van der Waals surface area contributed by atoms with Crippen molar-refractivity contribution in [3.8, 4) is 11.1 Å². The van der Waals surface area contributed by atoms with Crippen LogP contribution < -0.4 is 0 Å². The molecule has 98 valence electrons. The Morgan fingerprint density at radius 2 is 1.89 bits per heavy atom. The molecular formula is C14H13NO4. The zero-order chi connectivity index (χ0) is 13.8. The average Bonchev–Trinajstić information content (AvgIpc) is 2.87. The van der Waals surface area contributed by atoms with Gasteiger partial charge in [0.2, 0.25) is 0 Å². The van der Waals surface area contributed by atoms with Crippen molar-refractivity contribution in [3.63, 3.8) is 0 Å². The van der Waals surface area contributed by atoms with Crippen molar-refractivity contribution >= 4 is 11.9 Å². The highest BCUT2D eigenvalue weighted by atomic mass is 16.4. The van der Waals surface area contributed by atoms with Gasteiger partial charge in [-0.05, 0) is 11.6 Å². The highest BCUT2D eigenvalue weighted by Crippen LogP contribution is 2.25. The van der Waals surface area contributed by atoms with Crippen LogP contribution in [0.15, 0.2) is 47.1 Å². The van der Waals surface area contributed by atoms with Gasteiger partial charge < -0.3 is 14.4 Å². The molecule has 0 fully saturated rings. The van der Waals surface area contributed by atoms with Gasteiger partial charge in [-0.25, -0.2) is 0 Å². The molecule has 0 unspecified atom stereocenters. The Morgan fingerprint density at radius 3 is 2.53 bits per heavy atom. The minimum atomic E-state index is -1.07. The molecule has 2 rings (SSSR count). The van der Waals surface area contributed by atoms with E-state index in [4.69, 9.17) is 9.52 Å². The minimum absolute atomic E-state index is 0.148. The Kier molecular flexibility index (Phi) is 3.66. The van der Waals surface area contributed by atoms with Gasteiger partial charge in [-0.3, -0.25) is 9.59 Å². The second-order valence-corrected chi connectivity index (χ2v) is 4.08. The van der Waals surface area contributed by atoms with E-state index in [9.17, 15) is 9.59 Å². The Labute approximate surface area is 110 Å². The number of amides is 1. The molecule has 0 aliphatic heterocycles. The summed E-state index contributed by atoms with van der Waals surface area (Å²) in [6.45, 7) is -0.367. The van der Waals surface area contributed by atoms with E-state index in [1.54, 1.807) is 6.07 Å². The van der Waals surface area contributed by atoms with Gasteiger partial charge in [0.1, 0.15) is 6.54 Å². The molecule has 19 heavy (non-hydrogen) atoms. The maximum absolute atomic E-state index is 12.1. The number of aliphatic carboxylic acids is 1. The van der Waals surface area contributed by atoms with Crippen molar-refractivity contribution < 1.29 is 19.1 Å². The number of furan rings is 1. The van der Waals surface area contributed by atoms with Crippen molar-refractivity contribution in [2.45, 2.75) is 0 Å². The number of nitrogens with zero attached hydrogens (tertiary/aromatic N) is 1. The average molecular weight is 259 g/mol. The zero-order valence-corrected chi connectivity index (χ0v) is 10.4. The fourth-order valence-electron chi connectivity index (χ4n) is 1.77. The molecule has 0 bridgehead atoms. The normalized spacial score (nSPS) is 10.2. The number of carbonyl (C=O) groups is 2. The molecule has 5 nitrogen and oxygen atoms in total. The lowest BCUT2D eigenvalue weighted by Crippen LogP contribution is -2.31. The van der Waals surface area contributed by atoms with Gasteiger partial charge in [-0.2, -0.15) is 0 Å². The Balaban J connectivity index is 2.30. The second-order valence-electron chi connectivity index (χ2n) is 4.08. The van der Waals surface area contributed by atoms with Crippen molar-refractivity contribution in [1.82, 2.24) is 4.90 Å². The van der Waals surface area contributed by atoms with Crippen LogP contribution >= 0.6 is 0 Å². The molecule has 1 amide bonds. The summed E-state index contributed by atoms with van der Waals surface area (Å²) in [6.07, 6.45) is 1.42. The summed E-state index contributed by atoms with van der Waals surface area (Å²) in [5.74, 6) is -1.37. The van der Waals surface area contributed by atoms with Gasteiger partial charge in [0.25, 0.3) is 5.91 Å². The second kappa shape index (κ2) is 5.39. The molecule has 0 aliphatic carbocycles. The number of hydrogen-bond acceptors (Lipinski definition) is 3. The van der Waals surface area contributed by atoms with Gasteiger partial charge in [0, 0.05) is 12.6 Å². The highest BCUT2D eigenvalue weighted by Gasteiger charge is 2.21. The number of likely N-dealkylation sites (N-methyl/N-ethyl adjacent to an activating group) is 1. The Morgan fingerprint density at radius 1 is 1.21 bits per heavy atom. The van der Waals surface area contributed by atoms with Crippen LogP contribution in [0.3, 0.4) is 0 Å². The van der Waals surface area contributed by atoms with E-state index in [2.05, 4.69) is 0 Å². The molecule has 0 saturated heterocycles. The monoisotopic (exact) mass is 259 g/mol. The molecule has 0 radical (unpaired) electrons. The van der Waals surface area contributed by atoms with Crippen LogP contribution in [0.2, 0.25) is 0 Å². The number of hydrogen-bond donors (Lipinski definition) is 1. The largest absolute Gasteiger partial charge is 0.480 e. The molecule has 5 heteroatoms. The topological polar surface area (TPSA) is 70.8 Å². The first-order valence-electron chi connectivity index (χ1n) is 5.69. The van der Waals surface area contributed by atoms with Crippen molar-refractivity contribution in [3.05, 3.63) is 48.4 Å². The predicted molar refractivity (Wildman–Crippen MR) is 68.7 cm³/mol. The van der Waals surface area contributed by atoms with Crippen LogP contribution in [-0.2, 0) is 4.79 Å². The molecule has 0 atom stereocenters. The van der Waals surface area contributed by atoms with E-state index in [-0.39, 0.29) is 12.3 Å². The summed E-state index contributed by atoms with van der Waals surface area (Å²) >= 11 is 0. The lowest BCUT2D eigenvalue weighted by atomic mass is 10.1. The smallest absolute Gasteiger partial charge is 0.323 e. The fourth-order valence-corrected chi connectivity index (χ4v) is 1.77. The van der Waals surface area contributed by atoms with Crippen LogP contribution in [0.4, 0.5) is 0 Å². The first-order chi connectivity index (χ1) is 9.09. The lowest BCUT2D eigenvalue weighted by Gasteiger charge is -2.13. The third-order valence-corrected chi connectivity index (χ3v) is 2.66. The summed E-state index contributed by atoms with van der Waals surface area (Å²) in [6, 6.07) is 11.0. The van der Waals surface area contributed by atoms with E-state index in [1.165, 1.54) is 13.3 Å². The molecule has 0 aliphatic rings. The van der Waals surface area contributed by atoms with Crippen LogP contribution in [-0.4, -0.2) is 35.5 Å². The van der Waals surface area contributed by atoms with E-state index in [0.717, 1.165) is 10.5 Å². The molecule has 0 spiro atoms. The maximum atomic E-state index is 12.1. The number of carboxylic acids is 1. The standard InChI is InChI=1S/C14H13NO4/c1-15(9-12(16)17)14(18)13-11(7-8-19-13)10-5-3-2-4-6-10/h2-8H,9H2,1H3,(H,16,17). The van der Waals surface area contributed by atoms with Gasteiger partial charge in [0.05, 0.1) is 6.26 Å². The summed E-state index contributed by atoms with van der Waals surface area (Å²) in [5.41, 5.74) is 1.51. The summed E-state index contributed by atoms with van der Waals surface area (Å²) in [4.78, 5) is 23.8. The third kappa shape index (κ3) is 2.82. The zero-order valence-electron chi connectivity index (χ0n) is 10.4. The number of carboxylic acid groups (broad SMARTS) is 1. The van der Waals surface area contributed by atoms with Gasteiger partial charge in [-0.15, -0.1) is 0 Å². The quantitative estimate of drug-likeness (QED) is 0.912. The molecule has 1 N–H and O–H groups in total. The van der Waals surface area contributed by atoms with Crippen molar-refractivity contribution in [2.24, 2.45) is 0 Å². The SMILES string of the molecule is CN(CC(=O)O)C(=O)c1occc1-c1ccccc1. The Hall–Kier alpha value is -2.56. The number of carbonyl (C=O) groups excluding carboxylic acids is 1. The Bertz CT molecular complexity index is 589. The minimum Gasteiger partial charge on any atom is -0.480 e. The van der Waals surface area contributed by atoms with Gasteiger partial charge in [0.15, 0.2) is 5.76 Å². The highest BCUT2D eigenvalue weighted by molar-refractivity contribution is 5.99. The molecule has 1 heterocycles. The summed E-state index contributed by atoms with van der Waals surface area (Å²) in [7, 11) is 1.42. The molecule has 2 aromatic rings. The van der Waals surface area contributed by atoms with E-state index < -0.39 is 11.9 Å². The predicted octanol–water partition coefficient (Wildman–Crippen LogP) is 2.10. The van der Waals surface area contributed by atoms with Crippen LogP contribution in [0, 0.1) is 0 Å². The molecule has 1 aromatic carbocycles. The van der Waals surface area contributed by atoms with E-state index in [1.807, 2.05) is 30.3 Å². The van der Waals surface area contributed by atoms with Crippen LogP contribution in [0.25, 0.3) is 11.1 Å². The lowest BCUT2D eigenvalue weighted by molar-refractivity contribution is -0.137. The van der Waals surface area contributed by atoms with Crippen molar-refractivity contribution in [1.29, 1.82) is 0 Å². The van der Waals surface area contributed by atoms with Crippen LogP contribution in [0.5, 0.6) is 0 Å². The third-order valence-electron chi connectivity index (χ3n) is 2.66. The molecule has 1 aromatic heterocycles. The number of rotatable bonds is 4.